The molecule has 0 heterocycles. The predicted molar refractivity (Wildman–Crippen MR) is 57.5 cm³/mol. The first kappa shape index (κ1) is 11.7. The number of carbonyl (C=O) groups excluding carboxylic acids is 1. The molecule has 1 aromatic rings. The molecule has 0 fully saturated rings. The monoisotopic (exact) mass is 208 g/mol. The van der Waals surface area contributed by atoms with E-state index < -0.39 is 5.97 Å². The second-order valence-electron chi connectivity index (χ2n) is 3.36. The fraction of sp³-hybridized carbons (Fsp3) is 0.417. The van der Waals surface area contributed by atoms with Crippen LogP contribution in [0.4, 0.5) is 0 Å². The molecule has 0 radical (unpaired) electrons. The van der Waals surface area contributed by atoms with E-state index in [0.717, 1.165) is 18.4 Å². The van der Waals surface area contributed by atoms with E-state index in [2.05, 4.69) is 4.89 Å². The molecule has 0 aliphatic rings. The number of carbonyl (C=O) groups is 1. The van der Waals surface area contributed by atoms with Gasteiger partial charge in [0, 0.05) is 0 Å². The second kappa shape index (κ2) is 6.19. The van der Waals surface area contributed by atoms with Crippen molar-refractivity contribution in [1.29, 1.82) is 0 Å². The average molecular weight is 208 g/mol. The Labute approximate surface area is 89.9 Å². The molecule has 0 aromatic heterocycles. The summed E-state index contributed by atoms with van der Waals surface area (Å²) < 4.78 is 0. The van der Waals surface area contributed by atoms with Gasteiger partial charge in [-0.3, -0.25) is 4.89 Å². The van der Waals surface area contributed by atoms with Gasteiger partial charge in [0.1, 0.15) is 0 Å². The Morgan fingerprint density at radius 3 is 2.73 bits per heavy atom. The standard InChI is InChI=1S/C12H16O3/c1-3-4-9-14-15-12(13)11-8-6-5-7-10(11)2/h5-8H,3-4,9H2,1-2H3. The lowest BCUT2D eigenvalue weighted by atomic mass is 10.1. The number of rotatable bonds is 5. The van der Waals surface area contributed by atoms with Crippen LogP contribution in [0.15, 0.2) is 24.3 Å². The van der Waals surface area contributed by atoms with Gasteiger partial charge in [0.15, 0.2) is 0 Å². The Kier molecular flexibility index (Phi) is 4.84. The zero-order valence-electron chi connectivity index (χ0n) is 9.16. The minimum Gasteiger partial charge on any atom is -0.293 e. The summed E-state index contributed by atoms with van der Waals surface area (Å²) in [6, 6.07) is 7.27. The van der Waals surface area contributed by atoms with Crippen LogP contribution in [0.25, 0.3) is 0 Å². The van der Waals surface area contributed by atoms with Crippen LogP contribution in [0.3, 0.4) is 0 Å². The molecule has 3 heteroatoms. The second-order valence-corrected chi connectivity index (χ2v) is 3.36. The van der Waals surface area contributed by atoms with Gasteiger partial charge in [0.05, 0.1) is 12.2 Å². The first-order valence-electron chi connectivity index (χ1n) is 5.15. The van der Waals surface area contributed by atoms with E-state index in [1.165, 1.54) is 0 Å². The fourth-order valence-electron chi connectivity index (χ4n) is 1.15. The SMILES string of the molecule is CCCCOOC(=O)c1ccccc1C. The molecule has 15 heavy (non-hydrogen) atoms. The summed E-state index contributed by atoms with van der Waals surface area (Å²) in [5.41, 5.74) is 1.44. The Morgan fingerprint density at radius 2 is 2.07 bits per heavy atom. The Bertz CT molecular complexity index is 320. The van der Waals surface area contributed by atoms with Crippen molar-refractivity contribution >= 4 is 5.97 Å². The maximum Gasteiger partial charge on any atom is 0.373 e. The molecule has 0 saturated heterocycles. The van der Waals surface area contributed by atoms with Gasteiger partial charge in [-0.15, -0.1) is 0 Å². The molecular weight excluding hydrogens is 192 g/mol. The number of hydrogen-bond donors (Lipinski definition) is 0. The predicted octanol–water partition coefficient (Wildman–Crippen LogP) is 2.88. The molecule has 1 aromatic carbocycles. The number of hydrogen-bond acceptors (Lipinski definition) is 3. The molecule has 0 N–H and O–H groups in total. The Hall–Kier alpha value is -1.35. The highest BCUT2D eigenvalue weighted by molar-refractivity contribution is 5.90. The minimum absolute atomic E-state index is 0.427. The fourth-order valence-corrected chi connectivity index (χ4v) is 1.15. The van der Waals surface area contributed by atoms with Crippen LogP contribution in [0.2, 0.25) is 0 Å². The van der Waals surface area contributed by atoms with Crippen LogP contribution in [-0.2, 0) is 9.78 Å². The summed E-state index contributed by atoms with van der Waals surface area (Å²) in [6.07, 6.45) is 1.91. The molecular formula is C12H16O3. The zero-order valence-corrected chi connectivity index (χ0v) is 9.16. The van der Waals surface area contributed by atoms with Crippen molar-refractivity contribution < 1.29 is 14.6 Å². The van der Waals surface area contributed by atoms with Crippen LogP contribution in [-0.4, -0.2) is 12.6 Å². The first-order valence-corrected chi connectivity index (χ1v) is 5.15. The maximum absolute atomic E-state index is 11.5. The molecule has 82 valence electrons. The van der Waals surface area contributed by atoms with Crippen molar-refractivity contribution in [2.75, 3.05) is 6.61 Å². The van der Waals surface area contributed by atoms with Gasteiger partial charge < -0.3 is 0 Å². The largest absolute Gasteiger partial charge is 0.373 e. The number of unbranched alkanes of at least 4 members (excludes halogenated alkanes) is 1. The highest BCUT2D eigenvalue weighted by atomic mass is 17.2. The van der Waals surface area contributed by atoms with Crippen LogP contribution < -0.4 is 0 Å². The van der Waals surface area contributed by atoms with Gasteiger partial charge in [-0.05, 0) is 25.0 Å². The molecule has 0 unspecified atom stereocenters. The van der Waals surface area contributed by atoms with Crippen LogP contribution in [0, 0.1) is 6.92 Å². The smallest absolute Gasteiger partial charge is 0.293 e. The van der Waals surface area contributed by atoms with E-state index in [-0.39, 0.29) is 0 Å². The van der Waals surface area contributed by atoms with Crippen molar-refractivity contribution in [2.24, 2.45) is 0 Å². The van der Waals surface area contributed by atoms with Gasteiger partial charge in [-0.2, -0.15) is 4.89 Å². The lowest BCUT2D eigenvalue weighted by Gasteiger charge is -2.04. The van der Waals surface area contributed by atoms with Crippen LogP contribution >= 0.6 is 0 Å². The van der Waals surface area contributed by atoms with Gasteiger partial charge >= 0.3 is 5.97 Å². The Morgan fingerprint density at radius 1 is 1.33 bits per heavy atom. The molecule has 0 atom stereocenters. The molecule has 1 rings (SSSR count). The molecule has 0 bridgehead atoms. The summed E-state index contributed by atoms with van der Waals surface area (Å²) in [4.78, 5) is 20.9. The van der Waals surface area contributed by atoms with E-state index in [1.54, 1.807) is 12.1 Å². The summed E-state index contributed by atoms with van der Waals surface area (Å²) in [5, 5.41) is 0. The van der Waals surface area contributed by atoms with Crippen molar-refractivity contribution in [3.8, 4) is 0 Å². The normalized spacial score (nSPS) is 10.0. The first-order chi connectivity index (χ1) is 7.25. The van der Waals surface area contributed by atoms with Gasteiger partial charge in [-0.25, -0.2) is 4.79 Å². The van der Waals surface area contributed by atoms with E-state index in [1.807, 2.05) is 26.0 Å². The van der Waals surface area contributed by atoms with Gasteiger partial charge in [0.2, 0.25) is 0 Å². The summed E-state index contributed by atoms with van der Waals surface area (Å²) in [7, 11) is 0. The lowest BCUT2D eigenvalue weighted by molar-refractivity contribution is -0.241. The summed E-state index contributed by atoms with van der Waals surface area (Å²) in [5.74, 6) is -0.427. The third-order valence-electron chi connectivity index (χ3n) is 2.08. The maximum atomic E-state index is 11.5. The van der Waals surface area contributed by atoms with E-state index >= 15 is 0 Å². The molecule has 0 saturated carbocycles. The molecule has 3 nitrogen and oxygen atoms in total. The quantitative estimate of drug-likeness (QED) is 0.424. The molecule has 0 spiro atoms. The van der Waals surface area contributed by atoms with Crippen molar-refractivity contribution in [3.63, 3.8) is 0 Å². The molecule has 0 amide bonds. The van der Waals surface area contributed by atoms with E-state index in [4.69, 9.17) is 4.89 Å². The lowest BCUT2D eigenvalue weighted by Crippen LogP contribution is -2.08. The van der Waals surface area contributed by atoms with E-state index in [9.17, 15) is 4.79 Å². The van der Waals surface area contributed by atoms with Crippen LogP contribution in [0.1, 0.15) is 35.7 Å². The Balaban J connectivity index is 2.44. The molecule has 0 aliphatic carbocycles. The summed E-state index contributed by atoms with van der Waals surface area (Å²) >= 11 is 0. The van der Waals surface area contributed by atoms with Crippen molar-refractivity contribution in [2.45, 2.75) is 26.7 Å². The zero-order chi connectivity index (χ0) is 11.1. The third kappa shape index (κ3) is 3.72. The third-order valence-corrected chi connectivity index (χ3v) is 2.08. The number of aryl methyl sites for hydroxylation is 1. The van der Waals surface area contributed by atoms with Crippen LogP contribution in [0.5, 0.6) is 0 Å². The highest BCUT2D eigenvalue weighted by Crippen LogP contribution is 2.08. The minimum atomic E-state index is -0.427. The van der Waals surface area contributed by atoms with Crippen molar-refractivity contribution in [1.82, 2.24) is 0 Å². The van der Waals surface area contributed by atoms with E-state index in [0.29, 0.717) is 12.2 Å². The van der Waals surface area contributed by atoms with Gasteiger partial charge in [-0.1, -0.05) is 31.5 Å². The average Bonchev–Trinajstić information content (AvgIpc) is 2.25. The van der Waals surface area contributed by atoms with Gasteiger partial charge in [0.25, 0.3) is 0 Å². The number of benzene rings is 1. The topological polar surface area (TPSA) is 35.5 Å². The highest BCUT2D eigenvalue weighted by Gasteiger charge is 2.10. The summed E-state index contributed by atoms with van der Waals surface area (Å²) in [6.45, 7) is 4.36. The molecule has 0 aliphatic heterocycles. The van der Waals surface area contributed by atoms with Crippen molar-refractivity contribution in [3.05, 3.63) is 35.4 Å².